The maximum absolute atomic E-state index is 10.8. The largest absolute Gasteiger partial charge is 0.394 e. The van der Waals surface area contributed by atoms with E-state index < -0.39 is 18.8 Å². The van der Waals surface area contributed by atoms with Crippen molar-refractivity contribution in [3.63, 3.8) is 0 Å². The van der Waals surface area contributed by atoms with Crippen LogP contribution in [0.4, 0.5) is 0 Å². The molecule has 0 aliphatic carbocycles. The molecule has 0 aromatic rings. The zero-order chi connectivity index (χ0) is 9.14. The number of hydrogen-bond donors (Lipinski definition) is 3. The van der Waals surface area contributed by atoms with Crippen LogP contribution in [-0.4, -0.2) is 44.5 Å². The molecule has 0 spiro atoms. The van der Waals surface area contributed by atoms with Crippen molar-refractivity contribution in [2.75, 3.05) is 6.61 Å². The summed E-state index contributed by atoms with van der Waals surface area (Å²) in [5.74, 6) is 0. The van der Waals surface area contributed by atoms with Gasteiger partial charge in [-0.15, -0.1) is 0 Å². The summed E-state index contributed by atoms with van der Waals surface area (Å²) in [5, 5.41) is 26.7. The molecule has 1 saturated heterocycles. The minimum atomic E-state index is -1.13. The van der Waals surface area contributed by atoms with Crippen LogP contribution in [0.25, 0.3) is 0 Å². The number of rotatable bonds is 3. The molecule has 1 heterocycles. The van der Waals surface area contributed by atoms with E-state index in [0.717, 1.165) is 11.8 Å². The van der Waals surface area contributed by atoms with Crippen LogP contribution < -0.4 is 0 Å². The van der Waals surface area contributed by atoms with Crippen LogP contribution in [0.1, 0.15) is 12.8 Å². The zero-order valence-electron chi connectivity index (χ0n) is 6.51. The number of aliphatic hydroxyl groups is 3. The molecule has 12 heavy (non-hydrogen) atoms. The summed E-state index contributed by atoms with van der Waals surface area (Å²) in [7, 11) is 0. The monoisotopic (exact) mass is 192 g/mol. The van der Waals surface area contributed by atoms with Gasteiger partial charge in [0.2, 0.25) is 0 Å². The predicted octanol–water partition coefficient (Wildman–Crippen LogP) is -0.877. The predicted molar refractivity (Wildman–Crippen MR) is 44.7 cm³/mol. The number of thioether (sulfide) groups is 1. The van der Waals surface area contributed by atoms with E-state index in [1.807, 2.05) is 0 Å². The minimum Gasteiger partial charge on any atom is -0.394 e. The van der Waals surface area contributed by atoms with Gasteiger partial charge in [-0.3, -0.25) is 4.79 Å². The lowest BCUT2D eigenvalue weighted by Gasteiger charge is -2.19. The molecule has 4 nitrogen and oxygen atoms in total. The van der Waals surface area contributed by atoms with Crippen molar-refractivity contribution in [3.8, 4) is 0 Å². The summed E-state index contributed by atoms with van der Waals surface area (Å²) in [4.78, 5) is 10.8. The third kappa shape index (κ3) is 2.20. The Hall–Kier alpha value is -0.100. The van der Waals surface area contributed by atoms with Crippen molar-refractivity contribution in [2.45, 2.75) is 30.3 Å². The average molecular weight is 192 g/mol. The van der Waals surface area contributed by atoms with Crippen molar-refractivity contribution in [2.24, 2.45) is 0 Å². The lowest BCUT2D eigenvalue weighted by molar-refractivity contribution is -0.110. The van der Waals surface area contributed by atoms with E-state index in [9.17, 15) is 9.90 Å². The van der Waals surface area contributed by atoms with Gasteiger partial charge in [0.05, 0.1) is 12.7 Å². The second kappa shape index (κ2) is 4.23. The smallest absolute Gasteiger partial charge is 0.189 e. The van der Waals surface area contributed by atoms with Crippen LogP contribution in [0.2, 0.25) is 0 Å². The Morgan fingerprint density at radius 2 is 2.25 bits per heavy atom. The van der Waals surface area contributed by atoms with Gasteiger partial charge in [0, 0.05) is 11.7 Å². The average Bonchev–Trinajstić information content (AvgIpc) is 2.49. The molecule has 1 aliphatic heterocycles. The van der Waals surface area contributed by atoms with Crippen LogP contribution in [-0.2, 0) is 4.79 Å². The van der Waals surface area contributed by atoms with Gasteiger partial charge in [-0.1, -0.05) is 11.8 Å². The van der Waals surface area contributed by atoms with E-state index in [-0.39, 0.29) is 10.4 Å². The SMILES string of the molecule is O=C1CC[C@H]([C@H](O)[C@H](O)CO)S1. The van der Waals surface area contributed by atoms with Crippen molar-refractivity contribution in [1.82, 2.24) is 0 Å². The Morgan fingerprint density at radius 3 is 2.67 bits per heavy atom. The van der Waals surface area contributed by atoms with Gasteiger partial charge < -0.3 is 15.3 Å². The van der Waals surface area contributed by atoms with E-state index in [2.05, 4.69) is 0 Å². The van der Waals surface area contributed by atoms with Crippen LogP contribution in [0.15, 0.2) is 0 Å². The molecule has 0 radical (unpaired) electrons. The fourth-order valence-electron chi connectivity index (χ4n) is 1.14. The van der Waals surface area contributed by atoms with Crippen molar-refractivity contribution in [3.05, 3.63) is 0 Å². The first kappa shape index (κ1) is 9.98. The van der Waals surface area contributed by atoms with Gasteiger partial charge >= 0.3 is 0 Å². The molecule has 0 aromatic heterocycles. The Bertz CT molecular complexity index is 173. The van der Waals surface area contributed by atoms with Crippen LogP contribution in [0.3, 0.4) is 0 Å². The van der Waals surface area contributed by atoms with E-state index >= 15 is 0 Å². The van der Waals surface area contributed by atoms with Gasteiger partial charge in [-0.05, 0) is 6.42 Å². The van der Waals surface area contributed by atoms with E-state index in [1.165, 1.54) is 0 Å². The Morgan fingerprint density at radius 1 is 1.58 bits per heavy atom. The number of carbonyl (C=O) groups is 1. The molecule has 1 aliphatic rings. The second-order valence-corrected chi connectivity index (χ2v) is 4.10. The first-order valence-corrected chi connectivity index (χ1v) is 4.69. The molecule has 3 N–H and O–H groups in total. The zero-order valence-corrected chi connectivity index (χ0v) is 7.33. The molecule has 1 rings (SSSR count). The normalized spacial score (nSPS) is 28.9. The summed E-state index contributed by atoms with van der Waals surface area (Å²) in [6, 6.07) is 0. The number of aliphatic hydroxyl groups excluding tert-OH is 3. The molecule has 0 aromatic carbocycles. The van der Waals surface area contributed by atoms with Gasteiger partial charge in [0.1, 0.15) is 6.10 Å². The Balaban J connectivity index is 2.42. The topological polar surface area (TPSA) is 77.8 Å². The molecule has 0 bridgehead atoms. The maximum atomic E-state index is 10.8. The lowest BCUT2D eigenvalue weighted by Crippen LogP contribution is -2.36. The second-order valence-electron chi connectivity index (χ2n) is 2.81. The van der Waals surface area contributed by atoms with Gasteiger partial charge in [-0.25, -0.2) is 0 Å². The highest BCUT2D eigenvalue weighted by Gasteiger charge is 2.32. The summed E-state index contributed by atoms with van der Waals surface area (Å²) >= 11 is 1.06. The third-order valence-corrected chi connectivity index (χ3v) is 3.16. The van der Waals surface area contributed by atoms with Crippen molar-refractivity contribution < 1.29 is 20.1 Å². The first-order valence-electron chi connectivity index (χ1n) is 3.81. The van der Waals surface area contributed by atoms with Crippen LogP contribution in [0.5, 0.6) is 0 Å². The summed E-state index contributed by atoms with van der Waals surface area (Å²) in [5.41, 5.74) is 0. The molecule has 70 valence electrons. The van der Waals surface area contributed by atoms with Gasteiger partial charge in [0.25, 0.3) is 0 Å². The van der Waals surface area contributed by atoms with Gasteiger partial charge in [-0.2, -0.15) is 0 Å². The molecule has 5 heteroatoms. The van der Waals surface area contributed by atoms with E-state index in [1.54, 1.807) is 0 Å². The minimum absolute atomic E-state index is 0.0455. The molecule has 0 saturated carbocycles. The molecule has 1 fully saturated rings. The fraction of sp³-hybridized carbons (Fsp3) is 0.857. The highest BCUT2D eigenvalue weighted by atomic mass is 32.2. The maximum Gasteiger partial charge on any atom is 0.189 e. The van der Waals surface area contributed by atoms with Crippen molar-refractivity contribution >= 4 is 16.9 Å². The fourth-order valence-corrected chi connectivity index (χ4v) is 2.27. The number of carbonyl (C=O) groups excluding carboxylic acids is 1. The lowest BCUT2D eigenvalue weighted by atomic mass is 10.1. The van der Waals surface area contributed by atoms with Crippen LogP contribution in [0, 0.1) is 0 Å². The van der Waals surface area contributed by atoms with Gasteiger partial charge in [0.15, 0.2) is 5.12 Å². The summed E-state index contributed by atoms with van der Waals surface area (Å²) in [6.45, 7) is -0.466. The quantitative estimate of drug-likeness (QED) is 0.541. The molecular weight excluding hydrogens is 180 g/mol. The Labute approximate surface area is 74.6 Å². The van der Waals surface area contributed by atoms with Crippen LogP contribution >= 0.6 is 11.8 Å². The number of hydrogen-bond acceptors (Lipinski definition) is 5. The first-order chi connectivity index (χ1) is 5.65. The van der Waals surface area contributed by atoms with E-state index in [0.29, 0.717) is 12.8 Å². The van der Waals surface area contributed by atoms with Crippen molar-refractivity contribution in [1.29, 1.82) is 0 Å². The highest BCUT2D eigenvalue weighted by Crippen LogP contribution is 2.31. The standard InChI is InChI=1S/C7H12O4S/c8-3-4(9)7(11)5-1-2-6(10)12-5/h4-5,7-9,11H,1-3H2/t4-,5-,7-/m1/s1. The molecule has 3 atom stereocenters. The summed E-state index contributed by atoms with van der Waals surface area (Å²) in [6.07, 6.45) is -1.09. The molecule has 0 unspecified atom stereocenters. The highest BCUT2D eigenvalue weighted by molar-refractivity contribution is 8.14. The third-order valence-electron chi connectivity index (χ3n) is 1.88. The van der Waals surface area contributed by atoms with E-state index in [4.69, 9.17) is 10.2 Å². The summed E-state index contributed by atoms with van der Waals surface area (Å²) < 4.78 is 0. The Kier molecular flexibility index (Phi) is 3.52. The molecule has 0 amide bonds. The molecular formula is C7H12O4S.